The van der Waals surface area contributed by atoms with Crippen LogP contribution in [0.15, 0.2) is 18.3 Å². The lowest BCUT2D eigenvalue weighted by atomic mass is 10.1. The van der Waals surface area contributed by atoms with Crippen LogP contribution in [0.25, 0.3) is 10.9 Å². The minimum absolute atomic E-state index is 0.454. The number of benzene rings is 1. The van der Waals surface area contributed by atoms with Crippen molar-refractivity contribution in [2.75, 3.05) is 12.8 Å². The van der Waals surface area contributed by atoms with E-state index >= 15 is 0 Å². The predicted molar refractivity (Wildman–Crippen MR) is 66.6 cm³/mol. The molecule has 1 heterocycles. The molecular weight excluding hydrogens is 224 g/mol. The summed E-state index contributed by atoms with van der Waals surface area (Å²) in [6, 6.07) is 3.88. The second kappa shape index (κ2) is 4.28. The Labute approximate surface area is 99.2 Å². The molecule has 0 saturated heterocycles. The van der Waals surface area contributed by atoms with Crippen LogP contribution in [0.1, 0.15) is 11.1 Å². The first kappa shape index (κ1) is 11.2. The maximum atomic E-state index is 6.29. The Bertz CT molecular complexity index is 540. The third-order valence-corrected chi connectivity index (χ3v) is 2.90. The van der Waals surface area contributed by atoms with E-state index in [0.29, 0.717) is 17.3 Å². The highest BCUT2D eigenvalue weighted by Gasteiger charge is 2.09. The molecule has 0 atom stereocenters. The van der Waals surface area contributed by atoms with E-state index < -0.39 is 0 Å². The van der Waals surface area contributed by atoms with Gasteiger partial charge in [0.05, 0.1) is 22.8 Å². The van der Waals surface area contributed by atoms with Crippen LogP contribution in [0.3, 0.4) is 0 Å². The van der Waals surface area contributed by atoms with Crippen LogP contribution in [0.5, 0.6) is 0 Å². The van der Waals surface area contributed by atoms with Crippen LogP contribution < -0.4 is 5.73 Å². The van der Waals surface area contributed by atoms with Crippen LogP contribution in [-0.4, -0.2) is 12.1 Å². The number of nitrogens with two attached hydrogens (primary N) is 1. The van der Waals surface area contributed by atoms with Gasteiger partial charge in [-0.1, -0.05) is 11.6 Å². The lowest BCUT2D eigenvalue weighted by molar-refractivity contribution is 0.185. The molecule has 0 aliphatic rings. The topological polar surface area (TPSA) is 48.1 Å². The van der Waals surface area contributed by atoms with Crippen LogP contribution in [-0.2, 0) is 11.3 Å². The minimum Gasteiger partial charge on any atom is -0.397 e. The first-order valence-electron chi connectivity index (χ1n) is 4.95. The van der Waals surface area contributed by atoms with Crippen LogP contribution in [0.4, 0.5) is 5.69 Å². The van der Waals surface area contributed by atoms with Gasteiger partial charge in [0.15, 0.2) is 0 Å². The number of fused-ring (bicyclic) bond motifs is 1. The maximum absolute atomic E-state index is 6.29. The summed E-state index contributed by atoms with van der Waals surface area (Å²) in [7, 11) is 1.63. The van der Waals surface area contributed by atoms with Crippen molar-refractivity contribution in [1.29, 1.82) is 0 Å². The molecule has 0 aliphatic carbocycles. The van der Waals surface area contributed by atoms with Crippen LogP contribution in [0, 0.1) is 6.92 Å². The summed E-state index contributed by atoms with van der Waals surface area (Å²) >= 11 is 6.29. The van der Waals surface area contributed by atoms with Crippen molar-refractivity contribution in [1.82, 2.24) is 4.98 Å². The normalized spacial score (nSPS) is 10.9. The average Bonchev–Trinajstić information content (AvgIpc) is 2.23. The number of nitrogens with zero attached hydrogens (tertiary/aromatic N) is 1. The van der Waals surface area contributed by atoms with E-state index in [0.717, 1.165) is 22.0 Å². The number of hydrogen-bond acceptors (Lipinski definition) is 3. The first-order valence-corrected chi connectivity index (χ1v) is 5.33. The van der Waals surface area contributed by atoms with Gasteiger partial charge in [0, 0.05) is 24.3 Å². The summed E-state index contributed by atoms with van der Waals surface area (Å²) < 4.78 is 5.06. The lowest BCUT2D eigenvalue weighted by Gasteiger charge is -2.08. The zero-order valence-electron chi connectivity index (χ0n) is 9.25. The van der Waals surface area contributed by atoms with Crippen molar-refractivity contribution in [2.45, 2.75) is 13.5 Å². The first-order chi connectivity index (χ1) is 7.63. The van der Waals surface area contributed by atoms with E-state index in [4.69, 9.17) is 22.1 Å². The molecule has 0 bridgehead atoms. The molecule has 4 heteroatoms. The molecule has 0 spiro atoms. The molecule has 2 aromatic rings. The van der Waals surface area contributed by atoms with Crippen molar-refractivity contribution in [3.63, 3.8) is 0 Å². The molecular formula is C12H13ClN2O. The lowest BCUT2D eigenvalue weighted by Crippen LogP contribution is -1.96. The Morgan fingerprint density at radius 1 is 1.44 bits per heavy atom. The van der Waals surface area contributed by atoms with E-state index in [9.17, 15) is 0 Å². The number of halogens is 1. The Morgan fingerprint density at radius 3 is 2.88 bits per heavy atom. The second-order valence-electron chi connectivity index (χ2n) is 3.78. The highest BCUT2D eigenvalue weighted by molar-refractivity contribution is 6.36. The van der Waals surface area contributed by atoms with Gasteiger partial charge >= 0.3 is 0 Å². The largest absolute Gasteiger partial charge is 0.397 e. The van der Waals surface area contributed by atoms with E-state index in [1.54, 1.807) is 13.3 Å². The Balaban J connectivity index is 2.73. The summed E-state index contributed by atoms with van der Waals surface area (Å²) in [5, 5.41) is 1.55. The predicted octanol–water partition coefficient (Wildman–Crippen LogP) is 2.93. The number of aryl methyl sites for hydroxylation is 1. The van der Waals surface area contributed by atoms with Gasteiger partial charge in [-0.25, -0.2) is 0 Å². The molecule has 0 unspecified atom stereocenters. The standard InChI is InChI=1S/C12H13ClN2O/c1-7-3-9-11(13)8(6-16-2)5-15-12(9)10(14)4-7/h3-5H,6,14H2,1-2H3. The molecule has 0 saturated carbocycles. The van der Waals surface area contributed by atoms with Crippen molar-refractivity contribution in [2.24, 2.45) is 0 Å². The molecule has 84 valence electrons. The highest BCUT2D eigenvalue weighted by atomic mass is 35.5. The smallest absolute Gasteiger partial charge is 0.0946 e. The summed E-state index contributed by atoms with van der Waals surface area (Å²) in [5.41, 5.74) is 9.25. The van der Waals surface area contributed by atoms with Gasteiger partial charge in [0.1, 0.15) is 0 Å². The summed E-state index contributed by atoms with van der Waals surface area (Å²) in [4.78, 5) is 4.31. The molecule has 1 aromatic heterocycles. The molecule has 0 radical (unpaired) electrons. The Kier molecular flexibility index (Phi) is 2.99. The molecule has 16 heavy (non-hydrogen) atoms. The number of rotatable bonds is 2. The fraction of sp³-hybridized carbons (Fsp3) is 0.250. The average molecular weight is 237 g/mol. The van der Waals surface area contributed by atoms with Gasteiger partial charge in [-0.3, -0.25) is 4.98 Å². The second-order valence-corrected chi connectivity index (χ2v) is 4.16. The third kappa shape index (κ3) is 1.84. The zero-order valence-corrected chi connectivity index (χ0v) is 10.0. The fourth-order valence-electron chi connectivity index (χ4n) is 1.75. The Hall–Kier alpha value is -1.32. The van der Waals surface area contributed by atoms with Gasteiger partial charge in [0.25, 0.3) is 0 Å². The SMILES string of the molecule is COCc1cnc2c(N)cc(C)cc2c1Cl. The number of pyridine rings is 1. The van der Waals surface area contributed by atoms with Gasteiger partial charge < -0.3 is 10.5 Å². The summed E-state index contributed by atoms with van der Waals surface area (Å²) in [6.45, 7) is 2.44. The minimum atomic E-state index is 0.454. The van der Waals surface area contributed by atoms with Gasteiger partial charge in [-0.15, -0.1) is 0 Å². The Morgan fingerprint density at radius 2 is 2.19 bits per heavy atom. The molecule has 3 nitrogen and oxygen atoms in total. The summed E-state index contributed by atoms with van der Waals surface area (Å²) in [6.07, 6.45) is 1.71. The number of methoxy groups -OCH3 is 1. The number of hydrogen-bond donors (Lipinski definition) is 1. The molecule has 2 N–H and O–H groups in total. The van der Waals surface area contributed by atoms with Crippen LogP contribution in [0.2, 0.25) is 5.02 Å². The third-order valence-electron chi connectivity index (χ3n) is 2.45. The van der Waals surface area contributed by atoms with Gasteiger partial charge in [-0.05, 0) is 24.6 Å². The van der Waals surface area contributed by atoms with Crippen molar-refractivity contribution < 1.29 is 4.74 Å². The van der Waals surface area contributed by atoms with Crippen LogP contribution >= 0.6 is 11.6 Å². The van der Waals surface area contributed by atoms with E-state index in [2.05, 4.69) is 4.98 Å². The fourth-order valence-corrected chi connectivity index (χ4v) is 1.99. The van der Waals surface area contributed by atoms with Crippen molar-refractivity contribution in [3.8, 4) is 0 Å². The molecule has 1 aromatic carbocycles. The van der Waals surface area contributed by atoms with Crippen molar-refractivity contribution in [3.05, 3.63) is 34.5 Å². The number of ether oxygens (including phenoxy) is 1. The zero-order chi connectivity index (χ0) is 11.7. The molecule has 0 fully saturated rings. The quantitative estimate of drug-likeness (QED) is 0.816. The van der Waals surface area contributed by atoms with E-state index in [-0.39, 0.29) is 0 Å². The number of nitrogen functional groups attached to an aromatic ring is 1. The van der Waals surface area contributed by atoms with Crippen molar-refractivity contribution >= 4 is 28.2 Å². The van der Waals surface area contributed by atoms with Gasteiger partial charge in [0.2, 0.25) is 0 Å². The number of aromatic nitrogens is 1. The van der Waals surface area contributed by atoms with Gasteiger partial charge in [-0.2, -0.15) is 0 Å². The van der Waals surface area contributed by atoms with E-state index in [1.165, 1.54) is 0 Å². The monoisotopic (exact) mass is 236 g/mol. The highest BCUT2D eigenvalue weighted by Crippen LogP contribution is 2.30. The molecule has 0 aliphatic heterocycles. The molecule has 2 rings (SSSR count). The maximum Gasteiger partial charge on any atom is 0.0946 e. The summed E-state index contributed by atoms with van der Waals surface area (Å²) in [5.74, 6) is 0. The molecule has 0 amide bonds. The number of anilines is 1. The van der Waals surface area contributed by atoms with E-state index in [1.807, 2.05) is 19.1 Å².